The molecule has 1 unspecified atom stereocenters. The maximum Gasteiger partial charge on any atom is 0.303 e. The summed E-state index contributed by atoms with van der Waals surface area (Å²) in [5, 5.41) is 8.51. The molecular formula is C16H32O5. The minimum absolute atomic E-state index is 0.310. The monoisotopic (exact) mass is 304 g/mol. The molecule has 0 aliphatic rings. The highest BCUT2D eigenvalue weighted by molar-refractivity contribution is 5.66. The van der Waals surface area contributed by atoms with Crippen molar-refractivity contribution in [1.82, 2.24) is 0 Å². The van der Waals surface area contributed by atoms with Gasteiger partial charge in [0.2, 0.25) is 0 Å². The minimum atomic E-state index is -0.683. The first kappa shape index (κ1) is 20.3. The van der Waals surface area contributed by atoms with Crippen LogP contribution in [0.1, 0.15) is 71.1 Å². The quantitative estimate of drug-likeness (QED) is 0.345. The molecule has 0 aliphatic carbocycles. The van der Waals surface area contributed by atoms with Crippen molar-refractivity contribution in [2.24, 2.45) is 0 Å². The van der Waals surface area contributed by atoms with Gasteiger partial charge < -0.3 is 19.3 Å². The Labute approximate surface area is 129 Å². The van der Waals surface area contributed by atoms with E-state index in [1.165, 1.54) is 32.1 Å². The third-order valence-corrected chi connectivity index (χ3v) is 3.28. The van der Waals surface area contributed by atoms with Crippen LogP contribution in [0.4, 0.5) is 0 Å². The number of unbranched alkanes of at least 4 members (excludes halogenated alkanes) is 8. The number of hydrogen-bond acceptors (Lipinski definition) is 4. The van der Waals surface area contributed by atoms with E-state index in [4.69, 9.17) is 19.3 Å². The lowest BCUT2D eigenvalue weighted by Gasteiger charge is -2.15. The number of aliphatic carboxylic acids is 1. The summed E-state index contributed by atoms with van der Waals surface area (Å²) in [5.74, 6) is -0.683. The van der Waals surface area contributed by atoms with E-state index in [-0.39, 0.29) is 0 Å². The van der Waals surface area contributed by atoms with E-state index in [2.05, 4.69) is 0 Å². The molecule has 0 radical (unpaired) electrons. The van der Waals surface area contributed by atoms with Gasteiger partial charge in [0.25, 0.3) is 6.48 Å². The van der Waals surface area contributed by atoms with E-state index in [9.17, 15) is 4.79 Å². The molecule has 0 heterocycles. The lowest BCUT2D eigenvalue weighted by atomic mass is 10.1. The van der Waals surface area contributed by atoms with Gasteiger partial charge in [-0.05, 0) is 19.8 Å². The van der Waals surface area contributed by atoms with Crippen LogP contribution in [0.2, 0.25) is 0 Å². The molecule has 5 nitrogen and oxygen atoms in total. The molecule has 0 aromatic heterocycles. The van der Waals surface area contributed by atoms with Gasteiger partial charge in [-0.2, -0.15) is 0 Å². The predicted molar refractivity (Wildman–Crippen MR) is 82.2 cm³/mol. The van der Waals surface area contributed by atoms with Crippen molar-refractivity contribution in [2.75, 3.05) is 20.3 Å². The fourth-order valence-corrected chi connectivity index (χ4v) is 2.12. The third kappa shape index (κ3) is 15.6. The van der Waals surface area contributed by atoms with Gasteiger partial charge in [-0.25, -0.2) is 0 Å². The van der Waals surface area contributed by atoms with Crippen LogP contribution >= 0.6 is 0 Å². The molecule has 21 heavy (non-hydrogen) atoms. The van der Waals surface area contributed by atoms with Crippen molar-refractivity contribution in [2.45, 2.75) is 77.6 Å². The molecule has 0 aliphatic heterocycles. The van der Waals surface area contributed by atoms with Crippen LogP contribution in [0.25, 0.3) is 0 Å². The Hall–Kier alpha value is -0.650. The molecule has 0 fully saturated rings. The first-order chi connectivity index (χ1) is 10.2. The number of methoxy groups -OCH3 is 1. The van der Waals surface area contributed by atoms with Gasteiger partial charge in [0.05, 0.1) is 6.61 Å². The van der Waals surface area contributed by atoms with Gasteiger partial charge in [0, 0.05) is 20.1 Å². The number of carboxylic acids is 1. The molecule has 1 atom stereocenters. The van der Waals surface area contributed by atoms with E-state index in [0.29, 0.717) is 19.6 Å². The Bertz CT molecular complexity index is 233. The Kier molecular flexibility index (Phi) is 15.2. The summed E-state index contributed by atoms with van der Waals surface area (Å²) < 4.78 is 15.7. The number of rotatable bonds is 16. The standard InChI is InChI=1S/C16H32O5/c1-3-20-16(19-2)21-14-12-10-8-6-4-5-7-9-11-13-15(17)18/h16H,3-14H2,1-2H3,(H,17,18). The zero-order chi connectivity index (χ0) is 15.8. The Morgan fingerprint density at radius 2 is 1.43 bits per heavy atom. The average Bonchev–Trinajstić information content (AvgIpc) is 2.46. The topological polar surface area (TPSA) is 65.0 Å². The zero-order valence-electron chi connectivity index (χ0n) is 13.6. The highest BCUT2D eigenvalue weighted by atomic mass is 16.8. The fourth-order valence-electron chi connectivity index (χ4n) is 2.12. The average molecular weight is 304 g/mol. The molecule has 0 saturated carbocycles. The Morgan fingerprint density at radius 3 is 1.90 bits per heavy atom. The van der Waals surface area contributed by atoms with E-state index >= 15 is 0 Å². The largest absolute Gasteiger partial charge is 0.481 e. The second-order valence-corrected chi connectivity index (χ2v) is 5.18. The first-order valence-corrected chi connectivity index (χ1v) is 8.18. The van der Waals surface area contributed by atoms with Crippen LogP contribution < -0.4 is 0 Å². The summed E-state index contributed by atoms with van der Waals surface area (Å²) >= 11 is 0. The van der Waals surface area contributed by atoms with E-state index in [1.807, 2.05) is 6.92 Å². The van der Waals surface area contributed by atoms with Gasteiger partial charge in [-0.15, -0.1) is 0 Å². The van der Waals surface area contributed by atoms with Crippen LogP contribution in [0.3, 0.4) is 0 Å². The number of ether oxygens (including phenoxy) is 3. The summed E-state index contributed by atoms with van der Waals surface area (Å²) in [6, 6.07) is 0. The molecule has 0 amide bonds. The summed E-state index contributed by atoms with van der Waals surface area (Å²) in [7, 11) is 1.58. The number of carboxylic acid groups (broad SMARTS) is 1. The van der Waals surface area contributed by atoms with Crippen LogP contribution in [0.15, 0.2) is 0 Å². The maximum atomic E-state index is 10.3. The molecule has 0 rings (SSSR count). The predicted octanol–water partition coefficient (Wildman–Crippen LogP) is 3.96. The minimum Gasteiger partial charge on any atom is -0.481 e. The van der Waals surface area contributed by atoms with Crippen LogP contribution in [-0.2, 0) is 19.0 Å². The molecule has 5 heteroatoms. The van der Waals surface area contributed by atoms with Crippen molar-refractivity contribution in [3.63, 3.8) is 0 Å². The van der Waals surface area contributed by atoms with Gasteiger partial charge in [-0.3, -0.25) is 4.79 Å². The maximum absolute atomic E-state index is 10.3. The molecule has 0 saturated heterocycles. The molecular weight excluding hydrogens is 272 g/mol. The van der Waals surface area contributed by atoms with Crippen molar-refractivity contribution in [3.05, 3.63) is 0 Å². The van der Waals surface area contributed by atoms with Gasteiger partial charge in [0.15, 0.2) is 0 Å². The summed E-state index contributed by atoms with van der Waals surface area (Å²) in [6.07, 6.45) is 10.4. The van der Waals surface area contributed by atoms with E-state index in [0.717, 1.165) is 25.7 Å². The Balaban J connectivity index is 3.13. The van der Waals surface area contributed by atoms with Gasteiger partial charge in [-0.1, -0.05) is 44.9 Å². The van der Waals surface area contributed by atoms with Crippen LogP contribution in [-0.4, -0.2) is 37.9 Å². The summed E-state index contributed by atoms with van der Waals surface area (Å²) in [6.45, 7) is 2.65. The van der Waals surface area contributed by atoms with Crippen molar-refractivity contribution < 1.29 is 24.1 Å². The second-order valence-electron chi connectivity index (χ2n) is 5.18. The first-order valence-electron chi connectivity index (χ1n) is 8.18. The number of hydrogen-bond donors (Lipinski definition) is 1. The summed E-state index contributed by atoms with van der Waals surface area (Å²) in [5.41, 5.74) is 0. The highest BCUT2D eigenvalue weighted by Crippen LogP contribution is 2.11. The van der Waals surface area contributed by atoms with Gasteiger partial charge in [0.1, 0.15) is 0 Å². The second kappa shape index (κ2) is 15.7. The zero-order valence-corrected chi connectivity index (χ0v) is 13.6. The molecule has 126 valence electrons. The molecule has 1 N–H and O–H groups in total. The number of carbonyl (C=O) groups is 1. The molecule has 0 aromatic carbocycles. The lowest BCUT2D eigenvalue weighted by Crippen LogP contribution is -2.19. The van der Waals surface area contributed by atoms with Crippen molar-refractivity contribution in [3.8, 4) is 0 Å². The van der Waals surface area contributed by atoms with Crippen molar-refractivity contribution >= 4 is 5.97 Å². The van der Waals surface area contributed by atoms with Gasteiger partial charge >= 0.3 is 5.97 Å². The van der Waals surface area contributed by atoms with Crippen LogP contribution in [0.5, 0.6) is 0 Å². The molecule has 0 aromatic rings. The fraction of sp³-hybridized carbons (Fsp3) is 0.938. The van der Waals surface area contributed by atoms with E-state index in [1.54, 1.807) is 7.11 Å². The van der Waals surface area contributed by atoms with E-state index < -0.39 is 12.4 Å². The smallest absolute Gasteiger partial charge is 0.303 e. The van der Waals surface area contributed by atoms with Crippen LogP contribution in [0, 0.1) is 0 Å². The SMILES string of the molecule is CCOC(OC)OCCCCCCCCCCCC(=O)O. The lowest BCUT2D eigenvalue weighted by molar-refractivity contribution is -0.275. The normalized spacial score (nSPS) is 12.5. The molecule has 0 spiro atoms. The molecule has 0 bridgehead atoms. The third-order valence-electron chi connectivity index (χ3n) is 3.28. The van der Waals surface area contributed by atoms with Crippen molar-refractivity contribution in [1.29, 1.82) is 0 Å². The highest BCUT2D eigenvalue weighted by Gasteiger charge is 2.05. The summed E-state index contributed by atoms with van der Waals surface area (Å²) in [4.78, 5) is 10.3. The Morgan fingerprint density at radius 1 is 0.905 bits per heavy atom.